The molecule has 0 unspecified atom stereocenters. The highest BCUT2D eigenvalue weighted by Gasteiger charge is 2.37. The van der Waals surface area contributed by atoms with E-state index < -0.39 is 38.6 Å². The first kappa shape index (κ1) is 23.0. The van der Waals surface area contributed by atoms with E-state index in [1.54, 1.807) is 13.8 Å². The van der Waals surface area contributed by atoms with Gasteiger partial charge in [0.2, 0.25) is 11.3 Å². The van der Waals surface area contributed by atoms with Crippen molar-refractivity contribution in [3.05, 3.63) is 6.39 Å². The molecule has 0 bridgehead atoms. The number of oxazole rings is 1. The molecule has 0 saturated heterocycles. The van der Waals surface area contributed by atoms with E-state index in [9.17, 15) is 25.0 Å². The normalized spacial score (nSPS) is 16.9. The first-order chi connectivity index (χ1) is 12.2. The van der Waals surface area contributed by atoms with Crippen molar-refractivity contribution in [1.29, 1.82) is 0 Å². The van der Waals surface area contributed by atoms with Crippen LogP contribution in [0.4, 0.5) is 5.88 Å². The lowest BCUT2D eigenvalue weighted by Crippen LogP contribution is -2.49. The summed E-state index contributed by atoms with van der Waals surface area (Å²) in [5.41, 5.74) is -0.0821. The third-order valence-corrected chi connectivity index (χ3v) is 5.54. The van der Waals surface area contributed by atoms with Crippen molar-refractivity contribution >= 4 is 18.9 Å². The first-order valence-electron chi connectivity index (χ1n) is 8.09. The standard InChI is InChI=1S/C14H27N2O9P/c1-4-24-26(22,25-5-2)13-14(23-8-15-13)16(3)6-9(18)11(20)12(21)10(19)7-17/h8-12,17-21H,4-7H2,1-3H3/t9-,10+,11-,12+/m0/s1. The highest BCUT2D eigenvalue weighted by molar-refractivity contribution is 7.62. The maximum absolute atomic E-state index is 12.9. The van der Waals surface area contributed by atoms with Gasteiger partial charge in [-0.3, -0.25) is 4.57 Å². The van der Waals surface area contributed by atoms with Crippen molar-refractivity contribution in [3.63, 3.8) is 0 Å². The van der Waals surface area contributed by atoms with Gasteiger partial charge in [0, 0.05) is 13.6 Å². The van der Waals surface area contributed by atoms with Crippen LogP contribution in [0.1, 0.15) is 13.8 Å². The molecule has 0 saturated carbocycles. The van der Waals surface area contributed by atoms with E-state index >= 15 is 0 Å². The van der Waals surface area contributed by atoms with E-state index in [2.05, 4.69) is 4.98 Å². The molecule has 0 aliphatic heterocycles. The Bertz CT molecular complexity index is 575. The van der Waals surface area contributed by atoms with Gasteiger partial charge in [0.05, 0.1) is 19.8 Å². The number of hydrogen-bond donors (Lipinski definition) is 5. The zero-order chi connectivity index (χ0) is 19.9. The van der Waals surface area contributed by atoms with Gasteiger partial charge in [-0.05, 0) is 13.8 Å². The number of nitrogens with zero attached hydrogens (tertiary/aromatic N) is 2. The average molecular weight is 398 g/mol. The van der Waals surface area contributed by atoms with E-state index in [-0.39, 0.29) is 31.1 Å². The Kier molecular flexibility index (Phi) is 9.14. The number of likely N-dealkylation sites (N-methyl/N-ethyl adjacent to an activating group) is 1. The van der Waals surface area contributed by atoms with Crippen LogP contribution in [0.2, 0.25) is 0 Å². The fraction of sp³-hybridized carbons (Fsp3) is 0.786. The van der Waals surface area contributed by atoms with Gasteiger partial charge < -0.3 is 43.9 Å². The highest BCUT2D eigenvalue weighted by Crippen LogP contribution is 2.48. The Balaban J connectivity index is 2.94. The Morgan fingerprint density at radius 2 is 1.69 bits per heavy atom. The number of rotatable bonds is 12. The van der Waals surface area contributed by atoms with E-state index in [0.29, 0.717) is 0 Å². The Hall–Kier alpha value is -1.04. The van der Waals surface area contributed by atoms with Gasteiger partial charge in [-0.15, -0.1) is 0 Å². The molecule has 0 aliphatic rings. The number of hydrogen-bond acceptors (Lipinski definition) is 11. The van der Waals surface area contributed by atoms with Gasteiger partial charge in [-0.2, -0.15) is 0 Å². The van der Waals surface area contributed by atoms with Gasteiger partial charge in [0.1, 0.15) is 24.4 Å². The molecule has 26 heavy (non-hydrogen) atoms. The lowest BCUT2D eigenvalue weighted by molar-refractivity contribution is -0.112. The van der Waals surface area contributed by atoms with Crippen molar-refractivity contribution in [2.24, 2.45) is 0 Å². The summed E-state index contributed by atoms with van der Waals surface area (Å²) < 4.78 is 28.5. The van der Waals surface area contributed by atoms with Crippen molar-refractivity contribution in [3.8, 4) is 0 Å². The minimum Gasteiger partial charge on any atom is -0.427 e. The number of aliphatic hydroxyl groups is 5. The van der Waals surface area contributed by atoms with Crippen molar-refractivity contribution in [2.45, 2.75) is 38.3 Å². The minimum absolute atomic E-state index is 0.00122. The molecule has 4 atom stereocenters. The monoisotopic (exact) mass is 398 g/mol. The van der Waals surface area contributed by atoms with Gasteiger partial charge in [0.25, 0.3) is 0 Å². The smallest absolute Gasteiger partial charge is 0.385 e. The van der Waals surface area contributed by atoms with Crippen LogP contribution in [0.3, 0.4) is 0 Å². The first-order valence-corrected chi connectivity index (χ1v) is 9.63. The number of aliphatic hydroxyl groups excluding tert-OH is 5. The summed E-state index contributed by atoms with van der Waals surface area (Å²) in [7, 11) is -2.27. The summed E-state index contributed by atoms with van der Waals surface area (Å²) in [6, 6.07) is 0. The van der Waals surface area contributed by atoms with Crippen LogP contribution in [0.5, 0.6) is 0 Å². The Morgan fingerprint density at radius 3 is 2.19 bits per heavy atom. The topological polar surface area (TPSA) is 166 Å². The molecule has 11 nitrogen and oxygen atoms in total. The van der Waals surface area contributed by atoms with Crippen LogP contribution < -0.4 is 10.3 Å². The minimum atomic E-state index is -3.74. The summed E-state index contributed by atoms with van der Waals surface area (Å²) in [5, 5.41) is 47.8. The van der Waals surface area contributed by atoms with Crippen LogP contribution >= 0.6 is 7.60 Å². The fourth-order valence-electron chi connectivity index (χ4n) is 2.22. The van der Waals surface area contributed by atoms with Crippen LogP contribution in [-0.4, -0.2) is 88.3 Å². The molecule has 5 N–H and O–H groups in total. The van der Waals surface area contributed by atoms with Crippen molar-refractivity contribution < 1.29 is 43.6 Å². The largest absolute Gasteiger partial charge is 0.427 e. The molecule has 1 aromatic rings. The highest BCUT2D eigenvalue weighted by atomic mass is 31.2. The molecule has 1 heterocycles. The second-order valence-electron chi connectivity index (χ2n) is 5.49. The summed E-state index contributed by atoms with van der Waals surface area (Å²) in [6.07, 6.45) is -5.58. The van der Waals surface area contributed by atoms with E-state index in [1.807, 2.05) is 0 Å². The molecule has 1 aromatic heterocycles. The molecular weight excluding hydrogens is 371 g/mol. The van der Waals surface area contributed by atoms with Crippen LogP contribution in [0.25, 0.3) is 0 Å². The third-order valence-electron chi connectivity index (χ3n) is 3.52. The van der Waals surface area contributed by atoms with Crippen molar-refractivity contribution in [2.75, 3.05) is 38.3 Å². The molecule has 0 aliphatic carbocycles. The second kappa shape index (κ2) is 10.3. The lowest BCUT2D eigenvalue weighted by atomic mass is 10.0. The molecular formula is C14H27N2O9P. The molecule has 0 spiro atoms. The molecule has 0 amide bonds. The Morgan fingerprint density at radius 1 is 1.15 bits per heavy atom. The fourth-order valence-corrected chi connectivity index (χ4v) is 3.86. The number of aromatic nitrogens is 1. The Labute approximate surface area is 151 Å². The molecule has 0 aromatic carbocycles. The van der Waals surface area contributed by atoms with E-state index in [1.165, 1.54) is 11.9 Å². The third kappa shape index (κ3) is 5.48. The van der Waals surface area contributed by atoms with E-state index in [0.717, 1.165) is 6.39 Å². The summed E-state index contributed by atoms with van der Waals surface area (Å²) in [5.74, 6) is -0.00122. The van der Waals surface area contributed by atoms with Crippen LogP contribution in [-0.2, 0) is 13.6 Å². The average Bonchev–Trinajstić information content (AvgIpc) is 3.10. The summed E-state index contributed by atoms with van der Waals surface area (Å²) >= 11 is 0. The second-order valence-corrected chi connectivity index (χ2v) is 7.43. The van der Waals surface area contributed by atoms with Gasteiger partial charge in [-0.25, -0.2) is 4.98 Å². The zero-order valence-corrected chi connectivity index (χ0v) is 15.8. The van der Waals surface area contributed by atoms with Crippen molar-refractivity contribution in [1.82, 2.24) is 4.98 Å². The molecule has 1 rings (SSSR count). The molecule has 0 radical (unpaired) electrons. The van der Waals surface area contributed by atoms with Gasteiger partial charge in [0.15, 0.2) is 6.39 Å². The predicted molar refractivity (Wildman–Crippen MR) is 91.4 cm³/mol. The zero-order valence-electron chi connectivity index (χ0n) is 14.9. The molecule has 12 heteroatoms. The van der Waals surface area contributed by atoms with Gasteiger partial charge >= 0.3 is 7.60 Å². The maximum atomic E-state index is 12.9. The number of anilines is 1. The maximum Gasteiger partial charge on any atom is 0.385 e. The van der Waals surface area contributed by atoms with E-state index in [4.69, 9.17) is 18.6 Å². The predicted octanol–water partition coefficient (Wildman–Crippen LogP) is -1.56. The molecule has 0 fully saturated rings. The molecule has 152 valence electrons. The quantitative estimate of drug-likeness (QED) is 0.258. The van der Waals surface area contributed by atoms with Crippen LogP contribution in [0, 0.1) is 0 Å². The SMILES string of the molecule is CCOP(=O)(OCC)c1ncoc1N(C)C[C@H](O)[C@H](O)[C@H](O)[C@H](O)CO. The summed E-state index contributed by atoms with van der Waals surface area (Å²) in [6.45, 7) is 2.46. The van der Waals surface area contributed by atoms with Crippen LogP contribution in [0.15, 0.2) is 10.8 Å². The summed E-state index contributed by atoms with van der Waals surface area (Å²) in [4.78, 5) is 5.19. The lowest BCUT2D eigenvalue weighted by Gasteiger charge is -2.28. The van der Waals surface area contributed by atoms with Gasteiger partial charge in [-0.1, -0.05) is 0 Å².